The second-order valence-corrected chi connectivity index (χ2v) is 3.89. The van der Waals surface area contributed by atoms with E-state index in [1.54, 1.807) is 6.20 Å². The fraction of sp³-hybridized carbons (Fsp3) is 0.500. The lowest BCUT2D eigenvalue weighted by molar-refractivity contribution is 0.0463. The summed E-state index contributed by atoms with van der Waals surface area (Å²) < 4.78 is 5.48. The second-order valence-electron chi connectivity index (χ2n) is 3.48. The molecule has 1 aromatic rings. The zero-order valence-corrected chi connectivity index (χ0v) is 9.15. The average Bonchev–Trinajstić information content (AvgIpc) is 2.30. The first-order valence-corrected chi connectivity index (χ1v) is 5.36. The number of hydrogen-bond donors (Lipinski definition) is 1. The van der Waals surface area contributed by atoms with Gasteiger partial charge in [0.25, 0.3) is 0 Å². The molecule has 0 bridgehead atoms. The molecule has 1 aromatic heterocycles. The van der Waals surface area contributed by atoms with Crippen LogP contribution in [0.4, 0.5) is 5.82 Å². The smallest absolute Gasteiger partial charge is 0.147 e. The van der Waals surface area contributed by atoms with Crippen molar-refractivity contribution in [1.29, 1.82) is 0 Å². The van der Waals surface area contributed by atoms with Crippen LogP contribution in [0.2, 0.25) is 5.02 Å². The number of pyridine rings is 1. The third kappa shape index (κ3) is 2.40. The van der Waals surface area contributed by atoms with Crippen LogP contribution in [0.1, 0.15) is 0 Å². The van der Waals surface area contributed by atoms with Crippen molar-refractivity contribution in [1.82, 2.24) is 4.98 Å². The molecular weight excluding hydrogens is 214 g/mol. The predicted molar refractivity (Wildman–Crippen MR) is 60.3 cm³/mol. The summed E-state index contributed by atoms with van der Waals surface area (Å²) in [5.74, 6) is 0.820. The van der Waals surface area contributed by atoms with Crippen molar-refractivity contribution in [3.05, 3.63) is 23.4 Å². The van der Waals surface area contributed by atoms with E-state index in [9.17, 15) is 0 Å². The number of nitrogens with zero attached hydrogens (tertiary/aromatic N) is 2. The minimum Gasteiger partial charge on any atom is -0.373 e. The van der Waals surface area contributed by atoms with Gasteiger partial charge in [-0.15, -0.1) is 0 Å². The lowest BCUT2D eigenvalue weighted by atomic mass is 10.2. The van der Waals surface area contributed by atoms with Crippen LogP contribution in [0.25, 0.3) is 0 Å². The third-order valence-corrected chi connectivity index (χ3v) is 2.74. The molecule has 1 atom stereocenters. The van der Waals surface area contributed by atoms with E-state index < -0.39 is 0 Å². The molecule has 4 nitrogen and oxygen atoms in total. The van der Waals surface area contributed by atoms with Crippen LogP contribution in [-0.2, 0) is 4.74 Å². The Bertz CT molecular complexity index is 334. The highest BCUT2D eigenvalue weighted by molar-refractivity contribution is 6.32. The van der Waals surface area contributed by atoms with Gasteiger partial charge in [-0.25, -0.2) is 4.98 Å². The maximum atomic E-state index is 6.07. The van der Waals surface area contributed by atoms with Gasteiger partial charge >= 0.3 is 0 Å². The van der Waals surface area contributed by atoms with E-state index in [-0.39, 0.29) is 6.10 Å². The number of ether oxygens (including phenoxy) is 1. The summed E-state index contributed by atoms with van der Waals surface area (Å²) in [4.78, 5) is 6.38. The maximum absolute atomic E-state index is 6.07. The largest absolute Gasteiger partial charge is 0.373 e. The van der Waals surface area contributed by atoms with E-state index in [1.807, 2.05) is 12.1 Å². The maximum Gasteiger partial charge on any atom is 0.147 e. The molecule has 2 N–H and O–H groups in total. The predicted octanol–water partition coefficient (Wildman–Crippen LogP) is 0.899. The molecule has 0 amide bonds. The molecule has 2 rings (SSSR count). The summed E-state index contributed by atoms with van der Waals surface area (Å²) in [6, 6.07) is 3.67. The second kappa shape index (κ2) is 4.79. The normalized spacial score (nSPS) is 21.7. The number of halogens is 1. The molecule has 15 heavy (non-hydrogen) atoms. The summed E-state index contributed by atoms with van der Waals surface area (Å²) in [6.45, 7) is 2.77. The van der Waals surface area contributed by atoms with Crippen LogP contribution < -0.4 is 10.6 Å². The first kappa shape index (κ1) is 10.7. The minimum atomic E-state index is 0.0804. The summed E-state index contributed by atoms with van der Waals surface area (Å²) in [5, 5.41) is 0.676. The Hall–Kier alpha value is -0.840. The molecule has 0 aliphatic carbocycles. The van der Waals surface area contributed by atoms with Crippen LogP contribution in [0.5, 0.6) is 0 Å². The van der Waals surface area contributed by atoms with Crippen LogP contribution in [0.3, 0.4) is 0 Å². The van der Waals surface area contributed by atoms with E-state index in [4.69, 9.17) is 22.1 Å². The van der Waals surface area contributed by atoms with Gasteiger partial charge < -0.3 is 15.4 Å². The van der Waals surface area contributed by atoms with Crippen LogP contribution in [-0.4, -0.2) is 37.3 Å². The Kier molecular flexibility index (Phi) is 3.41. The fourth-order valence-electron chi connectivity index (χ4n) is 1.66. The average molecular weight is 228 g/mol. The quantitative estimate of drug-likeness (QED) is 0.816. The van der Waals surface area contributed by atoms with Crippen molar-refractivity contribution in [2.45, 2.75) is 6.10 Å². The molecule has 1 saturated heterocycles. The SMILES string of the molecule is NCC1CN(c2ncccc2Cl)CCO1. The number of morpholine rings is 1. The van der Waals surface area contributed by atoms with E-state index in [2.05, 4.69) is 9.88 Å². The Morgan fingerprint density at radius 2 is 2.53 bits per heavy atom. The molecule has 0 spiro atoms. The van der Waals surface area contributed by atoms with Gasteiger partial charge in [-0.05, 0) is 12.1 Å². The zero-order valence-electron chi connectivity index (χ0n) is 8.40. The van der Waals surface area contributed by atoms with Gasteiger partial charge in [-0.2, -0.15) is 0 Å². The number of aromatic nitrogens is 1. The van der Waals surface area contributed by atoms with Gasteiger partial charge in [0, 0.05) is 25.8 Å². The third-order valence-electron chi connectivity index (χ3n) is 2.44. The first-order valence-electron chi connectivity index (χ1n) is 4.98. The highest BCUT2D eigenvalue weighted by Gasteiger charge is 2.21. The molecule has 5 heteroatoms. The molecule has 1 fully saturated rings. The molecule has 82 valence electrons. The number of anilines is 1. The molecule has 0 radical (unpaired) electrons. The van der Waals surface area contributed by atoms with Crippen LogP contribution in [0.15, 0.2) is 18.3 Å². The number of nitrogens with two attached hydrogens (primary N) is 1. The topological polar surface area (TPSA) is 51.4 Å². The molecule has 1 unspecified atom stereocenters. The van der Waals surface area contributed by atoms with Crippen molar-refractivity contribution < 1.29 is 4.74 Å². The molecule has 1 aliphatic rings. The monoisotopic (exact) mass is 227 g/mol. The van der Waals surface area contributed by atoms with E-state index >= 15 is 0 Å². The Labute approximate surface area is 94.0 Å². The van der Waals surface area contributed by atoms with Gasteiger partial charge in [-0.3, -0.25) is 0 Å². The van der Waals surface area contributed by atoms with Gasteiger partial charge in [0.1, 0.15) is 5.82 Å². The number of hydrogen-bond acceptors (Lipinski definition) is 4. The zero-order chi connectivity index (χ0) is 10.7. The molecule has 2 heterocycles. The summed E-state index contributed by atoms with van der Waals surface area (Å²) in [5.41, 5.74) is 5.58. The lowest BCUT2D eigenvalue weighted by Crippen LogP contribution is -2.46. The van der Waals surface area contributed by atoms with Gasteiger partial charge in [0.05, 0.1) is 17.7 Å². The van der Waals surface area contributed by atoms with Gasteiger partial charge in [0.2, 0.25) is 0 Å². The Morgan fingerprint density at radius 3 is 3.27 bits per heavy atom. The molecular formula is C10H14ClN3O. The fourth-order valence-corrected chi connectivity index (χ4v) is 1.91. The standard InChI is InChI=1S/C10H14ClN3O/c11-9-2-1-3-13-10(9)14-4-5-15-8(6-12)7-14/h1-3,8H,4-7,12H2. The summed E-state index contributed by atoms with van der Waals surface area (Å²) in [6.07, 6.45) is 1.82. The Morgan fingerprint density at radius 1 is 1.67 bits per heavy atom. The van der Waals surface area contributed by atoms with Crippen LogP contribution >= 0.6 is 11.6 Å². The van der Waals surface area contributed by atoms with E-state index in [0.29, 0.717) is 18.2 Å². The molecule has 0 saturated carbocycles. The van der Waals surface area contributed by atoms with Gasteiger partial charge in [-0.1, -0.05) is 11.6 Å². The highest BCUT2D eigenvalue weighted by atomic mass is 35.5. The van der Waals surface area contributed by atoms with Crippen molar-refractivity contribution in [2.24, 2.45) is 5.73 Å². The van der Waals surface area contributed by atoms with E-state index in [1.165, 1.54) is 0 Å². The first-order chi connectivity index (χ1) is 7.31. The van der Waals surface area contributed by atoms with E-state index in [0.717, 1.165) is 18.9 Å². The molecule has 0 aromatic carbocycles. The van der Waals surface area contributed by atoms with Crippen molar-refractivity contribution in [2.75, 3.05) is 31.1 Å². The highest BCUT2D eigenvalue weighted by Crippen LogP contribution is 2.23. The summed E-state index contributed by atoms with van der Waals surface area (Å²) in [7, 11) is 0. The molecule has 1 aliphatic heterocycles. The minimum absolute atomic E-state index is 0.0804. The summed E-state index contributed by atoms with van der Waals surface area (Å²) >= 11 is 6.07. The van der Waals surface area contributed by atoms with Gasteiger partial charge in [0.15, 0.2) is 0 Å². The van der Waals surface area contributed by atoms with Crippen LogP contribution in [0, 0.1) is 0 Å². The van der Waals surface area contributed by atoms with Crippen molar-refractivity contribution in [3.8, 4) is 0 Å². The van der Waals surface area contributed by atoms with Crippen molar-refractivity contribution >= 4 is 17.4 Å². The lowest BCUT2D eigenvalue weighted by Gasteiger charge is -2.33. The number of rotatable bonds is 2. The Balaban J connectivity index is 2.13. The van der Waals surface area contributed by atoms with Crippen molar-refractivity contribution in [3.63, 3.8) is 0 Å².